The standard InChI is InChI=1S/C8H10N2S/c1-3-5-7(9)8(10)6(4-2)11-5/h3-4H,1-2,9-10H2. The van der Waals surface area contributed by atoms with Crippen molar-refractivity contribution >= 4 is 34.9 Å². The summed E-state index contributed by atoms with van der Waals surface area (Å²) >= 11 is 1.50. The summed E-state index contributed by atoms with van der Waals surface area (Å²) < 4.78 is 0. The molecular weight excluding hydrogens is 156 g/mol. The van der Waals surface area contributed by atoms with Crippen molar-refractivity contribution in [3.63, 3.8) is 0 Å². The summed E-state index contributed by atoms with van der Waals surface area (Å²) in [7, 11) is 0. The molecule has 58 valence electrons. The topological polar surface area (TPSA) is 52.0 Å². The zero-order valence-electron chi connectivity index (χ0n) is 6.13. The third kappa shape index (κ3) is 1.14. The van der Waals surface area contributed by atoms with Gasteiger partial charge in [0.25, 0.3) is 0 Å². The van der Waals surface area contributed by atoms with Crippen LogP contribution >= 0.6 is 11.3 Å². The third-order valence-corrected chi connectivity index (χ3v) is 2.62. The van der Waals surface area contributed by atoms with E-state index in [0.717, 1.165) is 9.75 Å². The van der Waals surface area contributed by atoms with Gasteiger partial charge in [-0.05, 0) is 12.2 Å². The molecule has 2 nitrogen and oxygen atoms in total. The Morgan fingerprint density at radius 2 is 1.36 bits per heavy atom. The summed E-state index contributed by atoms with van der Waals surface area (Å²) in [4.78, 5) is 1.83. The Morgan fingerprint density at radius 1 is 1.00 bits per heavy atom. The van der Waals surface area contributed by atoms with Gasteiger partial charge in [-0.2, -0.15) is 0 Å². The zero-order valence-corrected chi connectivity index (χ0v) is 6.95. The van der Waals surface area contributed by atoms with E-state index in [9.17, 15) is 0 Å². The minimum atomic E-state index is 0.611. The van der Waals surface area contributed by atoms with Gasteiger partial charge in [0, 0.05) is 0 Å². The molecule has 0 atom stereocenters. The van der Waals surface area contributed by atoms with Gasteiger partial charge in [0.05, 0.1) is 21.1 Å². The van der Waals surface area contributed by atoms with E-state index in [1.807, 2.05) is 0 Å². The molecule has 3 heteroatoms. The lowest BCUT2D eigenvalue weighted by molar-refractivity contribution is 1.78. The first kappa shape index (κ1) is 7.88. The van der Waals surface area contributed by atoms with Crippen molar-refractivity contribution in [1.29, 1.82) is 0 Å². The van der Waals surface area contributed by atoms with Crippen molar-refractivity contribution in [3.8, 4) is 0 Å². The number of rotatable bonds is 2. The zero-order chi connectivity index (χ0) is 8.43. The van der Waals surface area contributed by atoms with Crippen molar-refractivity contribution in [2.45, 2.75) is 0 Å². The van der Waals surface area contributed by atoms with Gasteiger partial charge in [-0.25, -0.2) is 0 Å². The van der Waals surface area contributed by atoms with Crippen LogP contribution in [0.15, 0.2) is 13.2 Å². The first-order valence-electron chi connectivity index (χ1n) is 3.13. The second-order valence-electron chi connectivity index (χ2n) is 2.07. The number of hydrogen-bond acceptors (Lipinski definition) is 3. The molecule has 0 aliphatic carbocycles. The van der Waals surface area contributed by atoms with E-state index in [0.29, 0.717) is 11.4 Å². The Labute approximate surface area is 69.8 Å². The fourth-order valence-corrected chi connectivity index (χ4v) is 1.64. The summed E-state index contributed by atoms with van der Waals surface area (Å²) in [6.07, 6.45) is 3.40. The molecule has 11 heavy (non-hydrogen) atoms. The fraction of sp³-hybridized carbons (Fsp3) is 0. The van der Waals surface area contributed by atoms with Crippen molar-refractivity contribution in [2.24, 2.45) is 0 Å². The summed E-state index contributed by atoms with van der Waals surface area (Å²) in [5.74, 6) is 0. The first-order chi connectivity index (χ1) is 5.20. The Bertz CT molecular complexity index is 271. The molecule has 0 saturated heterocycles. The highest BCUT2D eigenvalue weighted by Crippen LogP contribution is 2.34. The number of nitrogens with two attached hydrogens (primary N) is 2. The largest absolute Gasteiger partial charge is 0.396 e. The van der Waals surface area contributed by atoms with Gasteiger partial charge in [0.1, 0.15) is 0 Å². The Kier molecular flexibility index (Phi) is 2.01. The molecule has 0 amide bonds. The molecule has 0 radical (unpaired) electrons. The van der Waals surface area contributed by atoms with Gasteiger partial charge < -0.3 is 11.5 Å². The second kappa shape index (κ2) is 2.80. The molecule has 1 aromatic heterocycles. The molecular formula is C8H10N2S. The molecule has 0 bridgehead atoms. The monoisotopic (exact) mass is 166 g/mol. The molecule has 1 rings (SSSR count). The lowest BCUT2D eigenvalue weighted by atomic mass is 10.3. The molecule has 1 heterocycles. The van der Waals surface area contributed by atoms with E-state index in [2.05, 4.69) is 13.2 Å². The minimum absolute atomic E-state index is 0.611. The molecule has 0 fully saturated rings. The highest BCUT2D eigenvalue weighted by atomic mass is 32.1. The molecule has 0 aromatic carbocycles. The third-order valence-electron chi connectivity index (χ3n) is 1.41. The highest BCUT2D eigenvalue weighted by molar-refractivity contribution is 7.15. The van der Waals surface area contributed by atoms with E-state index in [4.69, 9.17) is 11.5 Å². The van der Waals surface area contributed by atoms with Crippen LogP contribution in [0, 0.1) is 0 Å². The molecule has 0 unspecified atom stereocenters. The van der Waals surface area contributed by atoms with E-state index in [-0.39, 0.29) is 0 Å². The average Bonchev–Trinajstić information content (AvgIpc) is 2.30. The van der Waals surface area contributed by atoms with Gasteiger partial charge >= 0.3 is 0 Å². The van der Waals surface area contributed by atoms with Gasteiger partial charge in [-0.1, -0.05) is 13.2 Å². The van der Waals surface area contributed by atoms with E-state index in [1.54, 1.807) is 12.2 Å². The molecule has 0 aliphatic rings. The lowest BCUT2D eigenvalue weighted by Crippen LogP contribution is -1.91. The van der Waals surface area contributed by atoms with Gasteiger partial charge in [0.2, 0.25) is 0 Å². The SMILES string of the molecule is C=Cc1sc(C=C)c(N)c1N. The maximum absolute atomic E-state index is 5.66. The molecule has 0 saturated carbocycles. The molecule has 0 aliphatic heterocycles. The van der Waals surface area contributed by atoms with Gasteiger partial charge in [-0.15, -0.1) is 11.3 Å². The van der Waals surface area contributed by atoms with Crippen LogP contribution in [-0.4, -0.2) is 0 Å². The number of hydrogen-bond donors (Lipinski definition) is 2. The van der Waals surface area contributed by atoms with Crippen molar-refractivity contribution in [2.75, 3.05) is 11.5 Å². The fourth-order valence-electron chi connectivity index (χ4n) is 0.797. The predicted octanol–water partition coefficient (Wildman–Crippen LogP) is 2.20. The van der Waals surface area contributed by atoms with Crippen LogP contribution in [-0.2, 0) is 0 Å². The summed E-state index contributed by atoms with van der Waals surface area (Å²) in [6, 6.07) is 0. The number of anilines is 2. The van der Waals surface area contributed by atoms with Crippen molar-refractivity contribution < 1.29 is 0 Å². The quantitative estimate of drug-likeness (QED) is 0.707. The first-order valence-corrected chi connectivity index (χ1v) is 3.95. The Hall–Kier alpha value is -1.22. The highest BCUT2D eigenvalue weighted by Gasteiger charge is 2.07. The maximum Gasteiger partial charge on any atom is 0.0737 e. The summed E-state index contributed by atoms with van der Waals surface area (Å²) in [5.41, 5.74) is 12.5. The smallest absolute Gasteiger partial charge is 0.0737 e. The van der Waals surface area contributed by atoms with Crippen LogP contribution < -0.4 is 11.5 Å². The normalized spacial score (nSPS) is 9.45. The average molecular weight is 166 g/mol. The predicted molar refractivity (Wildman–Crippen MR) is 53.3 cm³/mol. The van der Waals surface area contributed by atoms with E-state index >= 15 is 0 Å². The molecule has 0 spiro atoms. The maximum atomic E-state index is 5.66. The lowest BCUT2D eigenvalue weighted by Gasteiger charge is -1.91. The molecule has 1 aromatic rings. The second-order valence-corrected chi connectivity index (χ2v) is 3.15. The van der Waals surface area contributed by atoms with Crippen LogP contribution in [0.2, 0.25) is 0 Å². The van der Waals surface area contributed by atoms with Gasteiger partial charge in [-0.3, -0.25) is 0 Å². The van der Waals surface area contributed by atoms with Gasteiger partial charge in [0.15, 0.2) is 0 Å². The Morgan fingerprint density at radius 3 is 1.55 bits per heavy atom. The number of thiophene rings is 1. The van der Waals surface area contributed by atoms with Crippen LogP contribution in [0.3, 0.4) is 0 Å². The Balaban J connectivity index is 3.33. The minimum Gasteiger partial charge on any atom is -0.396 e. The van der Waals surface area contributed by atoms with Crippen LogP contribution in [0.5, 0.6) is 0 Å². The van der Waals surface area contributed by atoms with Crippen molar-refractivity contribution in [3.05, 3.63) is 22.9 Å². The summed E-state index contributed by atoms with van der Waals surface area (Å²) in [6.45, 7) is 7.24. The number of nitrogen functional groups attached to an aromatic ring is 2. The van der Waals surface area contributed by atoms with E-state index < -0.39 is 0 Å². The van der Waals surface area contributed by atoms with Crippen LogP contribution in [0.1, 0.15) is 9.75 Å². The van der Waals surface area contributed by atoms with Crippen LogP contribution in [0.25, 0.3) is 12.2 Å². The van der Waals surface area contributed by atoms with Crippen LogP contribution in [0.4, 0.5) is 11.4 Å². The molecule has 4 N–H and O–H groups in total. The van der Waals surface area contributed by atoms with Crippen molar-refractivity contribution in [1.82, 2.24) is 0 Å². The summed E-state index contributed by atoms with van der Waals surface area (Å²) in [5, 5.41) is 0. The van der Waals surface area contributed by atoms with E-state index in [1.165, 1.54) is 11.3 Å².